The Balaban J connectivity index is 2.17. The average Bonchev–Trinajstić information content (AvgIpc) is 2.80. The maximum Gasteiger partial charge on any atom is 0.355 e. The van der Waals surface area contributed by atoms with E-state index in [0.717, 1.165) is 5.69 Å². The van der Waals surface area contributed by atoms with Crippen LogP contribution in [0.2, 0.25) is 0 Å². The predicted octanol–water partition coefficient (Wildman–Crippen LogP) is 2.91. The fourth-order valence-electron chi connectivity index (χ4n) is 2.57. The van der Waals surface area contributed by atoms with Crippen molar-refractivity contribution in [3.63, 3.8) is 0 Å². The van der Waals surface area contributed by atoms with Gasteiger partial charge in [0.25, 0.3) is 0 Å². The van der Waals surface area contributed by atoms with Gasteiger partial charge in [-0.05, 0) is 32.4 Å². The van der Waals surface area contributed by atoms with Crippen LogP contribution in [-0.4, -0.2) is 16.1 Å². The summed E-state index contributed by atoms with van der Waals surface area (Å²) in [5, 5.41) is 18.8. The molecule has 0 spiro atoms. The number of hydrogen-bond donors (Lipinski definition) is 2. The van der Waals surface area contributed by atoms with Gasteiger partial charge in [0.05, 0.1) is 17.7 Å². The number of carbonyl (C=O) groups is 1. The molecule has 0 fully saturated rings. The van der Waals surface area contributed by atoms with Crippen molar-refractivity contribution in [3.05, 3.63) is 57.9 Å². The van der Waals surface area contributed by atoms with Crippen molar-refractivity contribution < 1.29 is 14.6 Å². The zero-order chi connectivity index (χ0) is 16.3. The van der Waals surface area contributed by atoms with E-state index in [2.05, 4.69) is 11.1 Å². The van der Waals surface area contributed by atoms with Gasteiger partial charge >= 0.3 is 5.97 Å². The van der Waals surface area contributed by atoms with Gasteiger partial charge in [-0.15, -0.1) is 0 Å². The minimum atomic E-state index is -0.655. The summed E-state index contributed by atoms with van der Waals surface area (Å²) in [4.78, 5) is 15.2. The Morgan fingerprint density at radius 3 is 2.68 bits per heavy atom. The van der Waals surface area contributed by atoms with Gasteiger partial charge in [-0.1, -0.05) is 18.2 Å². The highest BCUT2D eigenvalue weighted by Gasteiger charge is 2.21. The largest absolute Gasteiger partial charge is 0.456 e. The number of nitrogens with one attached hydrogen (secondary N) is 1. The molecular weight excluding hydrogens is 280 g/mol. The average molecular weight is 298 g/mol. The lowest BCUT2D eigenvalue weighted by molar-refractivity contribution is 0.0465. The molecule has 2 N–H and O–H groups in total. The number of nitriles is 1. The van der Waals surface area contributed by atoms with E-state index in [-0.39, 0.29) is 6.61 Å². The molecule has 22 heavy (non-hydrogen) atoms. The Labute approximate surface area is 129 Å². The molecule has 2 rings (SSSR count). The smallest absolute Gasteiger partial charge is 0.355 e. The van der Waals surface area contributed by atoms with Crippen LogP contribution in [0.25, 0.3) is 0 Å². The lowest BCUT2D eigenvalue weighted by Crippen LogP contribution is -2.08. The van der Waals surface area contributed by atoms with Crippen LogP contribution >= 0.6 is 0 Å². The second-order valence-electron chi connectivity index (χ2n) is 5.18. The SMILES string of the molecule is Cc1[nH]c(C(=O)OCc2ccccc2C#N)c(C)c1[C@@H](C)O. The molecule has 2 aromatic rings. The fourth-order valence-corrected chi connectivity index (χ4v) is 2.57. The van der Waals surface area contributed by atoms with Crippen LogP contribution in [0.4, 0.5) is 0 Å². The van der Waals surface area contributed by atoms with Gasteiger partial charge in [-0.25, -0.2) is 4.79 Å². The van der Waals surface area contributed by atoms with Gasteiger partial charge in [0.15, 0.2) is 0 Å². The Morgan fingerprint density at radius 1 is 1.41 bits per heavy atom. The summed E-state index contributed by atoms with van der Waals surface area (Å²) >= 11 is 0. The molecule has 1 aromatic heterocycles. The minimum absolute atomic E-state index is 0.0318. The summed E-state index contributed by atoms with van der Waals surface area (Å²) in [6.45, 7) is 5.26. The van der Waals surface area contributed by atoms with Crippen molar-refractivity contribution in [3.8, 4) is 6.07 Å². The Morgan fingerprint density at radius 2 is 2.09 bits per heavy atom. The molecule has 0 saturated carbocycles. The van der Waals surface area contributed by atoms with E-state index in [1.807, 2.05) is 0 Å². The van der Waals surface area contributed by atoms with Gasteiger partial charge in [0, 0.05) is 16.8 Å². The summed E-state index contributed by atoms with van der Waals surface area (Å²) in [7, 11) is 0. The quantitative estimate of drug-likeness (QED) is 0.850. The summed E-state index contributed by atoms with van der Waals surface area (Å²) in [6.07, 6.45) is -0.655. The number of H-pyrrole nitrogens is 1. The molecule has 5 nitrogen and oxygen atoms in total. The standard InChI is InChI=1S/C17H18N2O3/c1-10-15(12(3)20)11(2)19-16(10)17(21)22-9-14-7-5-4-6-13(14)8-18/h4-7,12,19-20H,9H2,1-3H3/t12-/m1/s1. The van der Waals surface area contributed by atoms with Gasteiger partial charge in [0.1, 0.15) is 12.3 Å². The highest BCUT2D eigenvalue weighted by atomic mass is 16.5. The molecule has 114 valence electrons. The van der Waals surface area contributed by atoms with Gasteiger partial charge in [-0.3, -0.25) is 0 Å². The number of aryl methyl sites for hydroxylation is 1. The van der Waals surface area contributed by atoms with E-state index in [4.69, 9.17) is 10.00 Å². The summed E-state index contributed by atoms with van der Waals surface area (Å²) < 4.78 is 5.28. The second-order valence-corrected chi connectivity index (χ2v) is 5.18. The van der Waals surface area contributed by atoms with Crippen molar-refractivity contribution in [1.82, 2.24) is 4.98 Å². The summed E-state index contributed by atoms with van der Waals surface area (Å²) in [5.74, 6) is -0.500. The Kier molecular flexibility index (Phi) is 4.64. The molecular formula is C17H18N2O3. The molecule has 1 aromatic carbocycles. The Hall–Kier alpha value is -2.58. The highest BCUT2D eigenvalue weighted by Crippen LogP contribution is 2.25. The van der Waals surface area contributed by atoms with Crippen molar-refractivity contribution >= 4 is 5.97 Å². The molecule has 0 unspecified atom stereocenters. The van der Waals surface area contributed by atoms with E-state index in [9.17, 15) is 9.90 Å². The van der Waals surface area contributed by atoms with Crippen LogP contribution in [-0.2, 0) is 11.3 Å². The first-order chi connectivity index (χ1) is 10.5. The molecule has 0 amide bonds. The van der Waals surface area contributed by atoms with Gasteiger partial charge in [-0.2, -0.15) is 5.26 Å². The third-order valence-electron chi connectivity index (χ3n) is 3.61. The van der Waals surface area contributed by atoms with Crippen LogP contribution < -0.4 is 0 Å². The number of aliphatic hydroxyl groups is 1. The number of carbonyl (C=O) groups excluding carboxylic acids is 1. The number of ether oxygens (including phenoxy) is 1. The number of aromatic nitrogens is 1. The van der Waals surface area contributed by atoms with Crippen LogP contribution in [0.15, 0.2) is 24.3 Å². The molecule has 0 saturated heterocycles. The van der Waals surface area contributed by atoms with Crippen LogP contribution in [0, 0.1) is 25.2 Å². The lowest BCUT2D eigenvalue weighted by atomic mass is 10.1. The maximum absolute atomic E-state index is 12.2. The first-order valence-electron chi connectivity index (χ1n) is 6.98. The number of hydrogen-bond acceptors (Lipinski definition) is 4. The van der Waals surface area contributed by atoms with Crippen molar-refractivity contribution in [2.75, 3.05) is 0 Å². The summed E-state index contributed by atoms with van der Waals surface area (Å²) in [5.41, 5.74) is 3.63. The number of nitrogens with zero attached hydrogens (tertiary/aromatic N) is 1. The third kappa shape index (κ3) is 3.02. The molecule has 1 heterocycles. The number of benzene rings is 1. The number of aliphatic hydroxyl groups excluding tert-OH is 1. The Bertz CT molecular complexity index is 739. The molecule has 0 bridgehead atoms. The number of rotatable bonds is 4. The zero-order valence-corrected chi connectivity index (χ0v) is 12.8. The zero-order valence-electron chi connectivity index (χ0n) is 12.8. The molecule has 0 aliphatic carbocycles. The van der Waals surface area contributed by atoms with Crippen molar-refractivity contribution in [2.45, 2.75) is 33.5 Å². The van der Waals surface area contributed by atoms with Gasteiger partial charge < -0.3 is 14.8 Å². The maximum atomic E-state index is 12.2. The first-order valence-corrected chi connectivity index (χ1v) is 6.98. The fraction of sp³-hybridized carbons (Fsp3) is 0.294. The highest BCUT2D eigenvalue weighted by molar-refractivity contribution is 5.89. The number of aromatic amines is 1. The monoisotopic (exact) mass is 298 g/mol. The van der Waals surface area contributed by atoms with E-state index in [1.54, 1.807) is 45.0 Å². The molecule has 5 heteroatoms. The second kappa shape index (κ2) is 6.46. The first kappa shape index (κ1) is 15.8. The van der Waals surface area contributed by atoms with Crippen LogP contribution in [0.5, 0.6) is 0 Å². The molecule has 0 aliphatic heterocycles. The molecule has 1 atom stereocenters. The van der Waals surface area contributed by atoms with Crippen LogP contribution in [0.1, 0.15) is 51.5 Å². The van der Waals surface area contributed by atoms with Crippen LogP contribution in [0.3, 0.4) is 0 Å². The van der Waals surface area contributed by atoms with Crippen molar-refractivity contribution in [2.24, 2.45) is 0 Å². The van der Waals surface area contributed by atoms with Gasteiger partial charge in [0.2, 0.25) is 0 Å². The van der Waals surface area contributed by atoms with E-state index >= 15 is 0 Å². The third-order valence-corrected chi connectivity index (χ3v) is 3.61. The summed E-state index contributed by atoms with van der Waals surface area (Å²) in [6, 6.07) is 9.05. The molecule has 0 radical (unpaired) electrons. The topological polar surface area (TPSA) is 86.1 Å². The normalized spacial score (nSPS) is 11.8. The molecule has 0 aliphatic rings. The number of esters is 1. The van der Waals surface area contributed by atoms with E-state index in [0.29, 0.717) is 27.9 Å². The predicted molar refractivity (Wildman–Crippen MR) is 81.2 cm³/mol. The van der Waals surface area contributed by atoms with E-state index < -0.39 is 12.1 Å². The van der Waals surface area contributed by atoms with E-state index in [1.165, 1.54) is 0 Å². The minimum Gasteiger partial charge on any atom is -0.456 e. The van der Waals surface area contributed by atoms with Crippen molar-refractivity contribution in [1.29, 1.82) is 5.26 Å². The lowest BCUT2D eigenvalue weighted by Gasteiger charge is -2.07.